The van der Waals surface area contributed by atoms with E-state index in [-0.39, 0.29) is 5.41 Å². The van der Waals surface area contributed by atoms with E-state index in [4.69, 9.17) is 4.98 Å². The third-order valence-corrected chi connectivity index (χ3v) is 3.30. The van der Waals surface area contributed by atoms with E-state index in [2.05, 4.69) is 6.92 Å². The Hall–Kier alpha value is -1.90. The van der Waals surface area contributed by atoms with Gasteiger partial charge in [0.1, 0.15) is 0 Å². The molecule has 1 N–H and O–H groups in total. The summed E-state index contributed by atoms with van der Waals surface area (Å²) in [7, 11) is 0. The smallest absolute Gasteiger partial charge is 0.336 e. The number of benzene rings is 1. The first kappa shape index (κ1) is 13.5. The second kappa shape index (κ2) is 4.65. The predicted octanol–water partition coefficient (Wildman–Crippen LogP) is 3.79. The van der Waals surface area contributed by atoms with Crippen LogP contribution in [0.25, 0.3) is 10.9 Å². The van der Waals surface area contributed by atoms with Gasteiger partial charge in [0, 0.05) is 16.5 Å². The van der Waals surface area contributed by atoms with Crippen molar-refractivity contribution in [1.82, 2.24) is 4.98 Å². The number of fused-ring (bicyclic) bond motifs is 1. The minimum atomic E-state index is -0.897. The van der Waals surface area contributed by atoms with Crippen LogP contribution in [0, 0.1) is 0 Å². The van der Waals surface area contributed by atoms with Gasteiger partial charge in [0.2, 0.25) is 0 Å². The number of aromatic carboxylic acids is 1. The zero-order valence-corrected chi connectivity index (χ0v) is 11.8. The van der Waals surface area contributed by atoms with E-state index in [0.29, 0.717) is 5.56 Å². The molecule has 0 amide bonds. The van der Waals surface area contributed by atoms with Crippen LogP contribution in [-0.4, -0.2) is 16.1 Å². The first-order chi connectivity index (χ1) is 8.84. The third-order valence-electron chi connectivity index (χ3n) is 3.30. The normalized spacial score (nSPS) is 11.8. The standard InChI is InChI=1S/C16H19NO2/c1-5-10-7-6-8-11-12(15(18)19)9-13(16(2,3)4)17-14(10)11/h6-9H,5H2,1-4H3,(H,18,19). The molecule has 19 heavy (non-hydrogen) atoms. The highest BCUT2D eigenvalue weighted by atomic mass is 16.4. The summed E-state index contributed by atoms with van der Waals surface area (Å²) in [5, 5.41) is 10.1. The van der Waals surface area contributed by atoms with Crippen molar-refractivity contribution in [3.05, 3.63) is 41.1 Å². The highest BCUT2D eigenvalue weighted by Gasteiger charge is 2.20. The zero-order valence-electron chi connectivity index (χ0n) is 11.8. The lowest BCUT2D eigenvalue weighted by atomic mass is 9.89. The number of pyridine rings is 1. The predicted molar refractivity (Wildman–Crippen MR) is 76.8 cm³/mol. The number of carboxylic acid groups (broad SMARTS) is 1. The highest BCUT2D eigenvalue weighted by Crippen LogP contribution is 2.28. The summed E-state index contributed by atoms with van der Waals surface area (Å²) >= 11 is 0. The van der Waals surface area contributed by atoms with Crippen molar-refractivity contribution in [2.75, 3.05) is 0 Å². The number of aryl methyl sites for hydroxylation is 1. The average Bonchev–Trinajstić information content (AvgIpc) is 2.35. The van der Waals surface area contributed by atoms with Gasteiger partial charge in [0.25, 0.3) is 0 Å². The van der Waals surface area contributed by atoms with E-state index >= 15 is 0 Å². The molecule has 0 saturated heterocycles. The van der Waals surface area contributed by atoms with Crippen LogP contribution in [0.3, 0.4) is 0 Å². The number of carboxylic acids is 1. The first-order valence-corrected chi connectivity index (χ1v) is 6.51. The topological polar surface area (TPSA) is 50.2 Å². The number of para-hydroxylation sites is 1. The SMILES string of the molecule is CCc1cccc2c(C(=O)O)cc(C(C)(C)C)nc12. The van der Waals surface area contributed by atoms with Crippen molar-refractivity contribution in [3.8, 4) is 0 Å². The number of rotatable bonds is 2. The van der Waals surface area contributed by atoms with E-state index in [1.807, 2.05) is 39.0 Å². The quantitative estimate of drug-likeness (QED) is 0.890. The average molecular weight is 257 g/mol. The fourth-order valence-electron chi connectivity index (χ4n) is 2.15. The Morgan fingerprint density at radius 2 is 2.00 bits per heavy atom. The first-order valence-electron chi connectivity index (χ1n) is 6.51. The zero-order chi connectivity index (χ0) is 14.2. The van der Waals surface area contributed by atoms with E-state index < -0.39 is 5.97 Å². The maximum absolute atomic E-state index is 11.5. The molecule has 0 spiro atoms. The van der Waals surface area contributed by atoms with Crippen molar-refractivity contribution in [2.24, 2.45) is 0 Å². The maximum Gasteiger partial charge on any atom is 0.336 e. The molecule has 2 rings (SSSR count). The molecule has 3 heteroatoms. The van der Waals surface area contributed by atoms with Crippen LogP contribution in [0.2, 0.25) is 0 Å². The fraction of sp³-hybridized carbons (Fsp3) is 0.375. The lowest BCUT2D eigenvalue weighted by Crippen LogP contribution is -2.15. The van der Waals surface area contributed by atoms with Gasteiger partial charge in [0.05, 0.1) is 11.1 Å². The number of nitrogens with zero attached hydrogens (tertiary/aromatic N) is 1. The minimum Gasteiger partial charge on any atom is -0.478 e. The summed E-state index contributed by atoms with van der Waals surface area (Å²) in [5.41, 5.74) is 2.89. The summed E-state index contributed by atoms with van der Waals surface area (Å²) in [6, 6.07) is 7.43. The molecule has 100 valence electrons. The lowest BCUT2D eigenvalue weighted by Gasteiger charge is -2.20. The highest BCUT2D eigenvalue weighted by molar-refractivity contribution is 6.03. The van der Waals surface area contributed by atoms with Crippen LogP contribution >= 0.6 is 0 Å². The third kappa shape index (κ3) is 2.46. The van der Waals surface area contributed by atoms with Crippen molar-refractivity contribution in [1.29, 1.82) is 0 Å². The Balaban J connectivity index is 2.88. The molecule has 3 nitrogen and oxygen atoms in total. The van der Waals surface area contributed by atoms with Crippen molar-refractivity contribution in [3.63, 3.8) is 0 Å². The van der Waals surface area contributed by atoms with Crippen LogP contribution in [0.5, 0.6) is 0 Å². The number of hydrogen-bond donors (Lipinski definition) is 1. The molecule has 0 bridgehead atoms. The number of carbonyl (C=O) groups is 1. The molecule has 0 atom stereocenters. The molecule has 0 fully saturated rings. The Labute approximate surface area is 113 Å². The Morgan fingerprint density at radius 1 is 1.32 bits per heavy atom. The van der Waals surface area contributed by atoms with E-state index in [1.54, 1.807) is 6.07 Å². The van der Waals surface area contributed by atoms with Gasteiger partial charge in [-0.3, -0.25) is 4.98 Å². The Bertz CT molecular complexity index is 639. The van der Waals surface area contributed by atoms with Crippen molar-refractivity contribution >= 4 is 16.9 Å². The second-order valence-corrected chi connectivity index (χ2v) is 5.78. The Morgan fingerprint density at radius 3 is 2.53 bits per heavy atom. The molecule has 1 aromatic heterocycles. The molecule has 2 aromatic rings. The summed E-state index contributed by atoms with van der Waals surface area (Å²) in [4.78, 5) is 16.2. The van der Waals surface area contributed by atoms with Gasteiger partial charge in [-0.15, -0.1) is 0 Å². The molecule has 0 aliphatic rings. The minimum absolute atomic E-state index is 0.167. The molecular formula is C16H19NO2. The summed E-state index contributed by atoms with van der Waals surface area (Å²) in [6.45, 7) is 8.19. The van der Waals surface area contributed by atoms with Gasteiger partial charge in [-0.25, -0.2) is 4.79 Å². The van der Waals surface area contributed by atoms with Crippen LogP contribution in [0.15, 0.2) is 24.3 Å². The number of aromatic nitrogens is 1. The lowest BCUT2D eigenvalue weighted by molar-refractivity contribution is 0.0699. The summed E-state index contributed by atoms with van der Waals surface area (Å²) < 4.78 is 0. The van der Waals surface area contributed by atoms with Crippen LogP contribution < -0.4 is 0 Å². The second-order valence-electron chi connectivity index (χ2n) is 5.78. The van der Waals surface area contributed by atoms with Gasteiger partial charge in [-0.05, 0) is 18.1 Å². The van der Waals surface area contributed by atoms with Gasteiger partial charge < -0.3 is 5.11 Å². The number of hydrogen-bond acceptors (Lipinski definition) is 2. The van der Waals surface area contributed by atoms with Crippen molar-refractivity contribution < 1.29 is 9.90 Å². The largest absolute Gasteiger partial charge is 0.478 e. The summed E-state index contributed by atoms with van der Waals surface area (Å²) in [6.07, 6.45) is 0.844. The molecule has 0 unspecified atom stereocenters. The summed E-state index contributed by atoms with van der Waals surface area (Å²) in [5.74, 6) is -0.897. The molecule has 0 radical (unpaired) electrons. The molecule has 1 aromatic carbocycles. The van der Waals surface area contributed by atoms with E-state index in [0.717, 1.165) is 28.6 Å². The molecular weight excluding hydrogens is 238 g/mol. The van der Waals surface area contributed by atoms with Gasteiger partial charge in [-0.1, -0.05) is 45.9 Å². The monoisotopic (exact) mass is 257 g/mol. The van der Waals surface area contributed by atoms with Crippen LogP contribution in [-0.2, 0) is 11.8 Å². The van der Waals surface area contributed by atoms with E-state index in [1.165, 1.54) is 0 Å². The van der Waals surface area contributed by atoms with Gasteiger partial charge >= 0.3 is 5.97 Å². The molecule has 0 aliphatic heterocycles. The van der Waals surface area contributed by atoms with Gasteiger partial charge in [0.15, 0.2) is 0 Å². The fourth-order valence-corrected chi connectivity index (χ4v) is 2.15. The molecule has 0 aliphatic carbocycles. The molecule has 1 heterocycles. The van der Waals surface area contributed by atoms with Crippen molar-refractivity contribution in [2.45, 2.75) is 39.5 Å². The van der Waals surface area contributed by atoms with Gasteiger partial charge in [-0.2, -0.15) is 0 Å². The van der Waals surface area contributed by atoms with Crippen LogP contribution in [0.4, 0.5) is 0 Å². The molecule has 0 saturated carbocycles. The maximum atomic E-state index is 11.5. The Kier molecular flexibility index (Phi) is 3.31. The van der Waals surface area contributed by atoms with Crippen LogP contribution in [0.1, 0.15) is 49.3 Å². The van der Waals surface area contributed by atoms with E-state index in [9.17, 15) is 9.90 Å².